The lowest BCUT2D eigenvalue weighted by atomic mass is 9.81. The summed E-state index contributed by atoms with van der Waals surface area (Å²) in [6.07, 6.45) is 4.50. The Labute approximate surface area is 127 Å². The molecule has 20 heavy (non-hydrogen) atoms. The van der Waals surface area contributed by atoms with Crippen molar-refractivity contribution in [2.45, 2.75) is 64.5 Å². The first-order chi connectivity index (χ1) is 9.05. The first-order valence-corrected chi connectivity index (χ1v) is 7.17. The van der Waals surface area contributed by atoms with Gasteiger partial charge in [0.15, 0.2) is 0 Å². The number of hydrogen-bond acceptors (Lipinski definition) is 5. The Morgan fingerprint density at radius 3 is 2.15 bits per heavy atom. The van der Waals surface area contributed by atoms with Crippen LogP contribution in [0.4, 0.5) is 0 Å². The number of esters is 2. The fourth-order valence-electron chi connectivity index (χ4n) is 2.57. The molecule has 0 aromatic rings. The summed E-state index contributed by atoms with van der Waals surface area (Å²) in [6, 6.07) is -0.498. The van der Waals surface area contributed by atoms with E-state index in [0.29, 0.717) is 13.2 Å². The predicted octanol–water partition coefficient (Wildman–Crippen LogP) is 2.22. The molecule has 1 aliphatic carbocycles. The Morgan fingerprint density at radius 2 is 1.65 bits per heavy atom. The van der Waals surface area contributed by atoms with E-state index in [0.717, 1.165) is 32.1 Å². The first-order valence-electron chi connectivity index (χ1n) is 7.17. The minimum Gasteiger partial charge on any atom is -0.465 e. The standard InChI is InChI=1S/C14H25NO4.ClH/c1-4-18-12(16)11(3)15-14(13(17)19-5-2)9-7-6-8-10-14;/h11,15H,4-10H2,1-3H3;1H. The van der Waals surface area contributed by atoms with Crippen molar-refractivity contribution >= 4 is 24.3 Å². The molecule has 1 unspecified atom stereocenters. The molecule has 0 aliphatic heterocycles. The van der Waals surface area contributed by atoms with Gasteiger partial charge in [-0.2, -0.15) is 0 Å². The topological polar surface area (TPSA) is 64.6 Å². The molecular weight excluding hydrogens is 282 g/mol. The molecule has 0 bridgehead atoms. The van der Waals surface area contributed by atoms with Crippen molar-refractivity contribution in [1.29, 1.82) is 0 Å². The lowest BCUT2D eigenvalue weighted by Gasteiger charge is -2.37. The summed E-state index contributed by atoms with van der Waals surface area (Å²) in [5, 5.41) is 3.15. The van der Waals surface area contributed by atoms with Crippen LogP contribution in [0, 0.1) is 0 Å². The van der Waals surface area contributed by atoms with Gasteiger partial charge in [-0.1, -0.05) is 19.3 Å². The minimum absolute atomic E-state index is 0. The zero-order chi connectivity index (χ0) is 14.3. The number of ether oxygens (including phenoxy) is 2. The quantitative estimate of drug-likeness (QED) is 0.762. The summed E-state index contributed by atoms with van der Waals surface area (Å²) in [7, 11) is 0. The maximum atomic E-state index is 12.2. The van der Waals surface area contributed by atoms with Crippen LogP contribution in [-0.4, -0.2) is 36.7 Å². The molecule has 0 radical (unpaired) electrons. The van der Waals surface area contributed by atoms with E-state index in [4.69, 9.17) is 9.47 Å². The molecule has 0 aromatic heterocycles. The Kier molecular flexibility index (Phi) is 8.81. The van der Waals surface area contributed by atoms with Crippen LogP contribution in [0.3, 0.4) is 0 Å². The van der Waals surface area contributed by atoms with Crippen molar-refractivity contribution in [1.82, 2.24) is 5.32 Å². The molecule has 118 valence electrons. The van der Waals surface area contributed by atoms with Crippen LogP contribution >= 0.6 is 12.4 Å². The SMILES string of the molecule is CCOC(=O)C(C)NC1(C(=O)OCC)CCCCC1.Cl. The highest BCUT2D eigenvalue weighted by atomic mass is 35.5. The third kappa shape index (κ3) is 4.94. The van der Waals surface area contributed by atoms with E-state index in [2.05, 4.69) is 5.32 Å². The zero-order valence-corrected chi connectivity index (χ0v) is 13.4. The molecule has 1 fully saturated rings. The van der Waals surface area contributed by atoms with Crippen molar-refractivity contribution in [3.8, 4) is 0 Å². The molecule has 1 rings (SSSR count). The average Bonchev–Trinajstić information content (AvgIpc) is 2.40. The highest BCUT2D eigenvalue weighted by molar-refractivity contribution is 5.85. The molecule has 1 aliphatic rings. The van der Waals surface area contributed by atoms with Gasteiger partial charge in [0, 0.05) is 0 Å². The smallest absolute Gasteiger partial charge is 0.326 e. The van der Waals surface area contributed by atoms with Gasteiger partial charge in [-0.3, -0.25) is 14.9 Å². The van der Waals surface area contributed by atoms with Crippen molar-refractivity contribution < 1.29 is 19.1 Å². The molecule has 1 saturated carbocycles. The Morgan fingerprint density at radius 1 is 1.10 bits per heavy atom. The number of halogens is 1. The third-order valence-electron chi connectivity index (χ3n) is 3.51. The summed E-state index contributed by atoms with van der Waals surface area (Å²) < 4.78 is 10.1. The van der Waals surface area contributed by atoms with Crippen molar-refractivity contribution in [2.24, 2.45) is 0 Å². The molecule has 0 saturated heterocycles. The van der Waals surface area contributed by atoms with Gasteiger partial charge < -0.3 is 9.47 Å². The fourth-order valence-corrected chi connectivity index (χ4v) is 2.57. The summed E-state index contributed by atoms with van der Waals surface area (Å²) >= 11 is 0. The minimum atomic E-state index is -0.722. The molecule has 0 amide bonds. The lowest BCUT2D eigenvalue weighted by Crippen LogP contribution is -2.59. The van der Waals surface area contributed by atoms with Crippen LogP contribution in [-0.2, 0) is 19.1 Å². The van der Waals surface area contributed by atoms with Gasteiger partial charge in [0.25, 0.3) is 0 Å². The lowest BCUT2D eigenvalue weighted by molar-refractivity contribution is -0.155. The first kappa shape index (κ1) is 19.2. The average molecular weight is 308 g/mol. The van der Waals surface area contributed by atoms with Crippen molar-refractivity contribution in [3.05, 3.63) is 0 Å². The van der Waals surface area contributed by atoms with Crippen LogP contribution in [0.2, 0.25) is 0 Å². The Bertz CT molecular complexity index is 316. The molecule has 0 spiro atoms. The van der Waals surface area contributed by atoms with Crippen LogP contribution in [0.25, 0.3) is 0 Å². The van der Waals surface area contributed by atoms with Gasteiger partial charge in [-0.25, -0.2) is 0 Å². The van der Waals surface area contributed by atoms with Gasteiger partial charge in [0.1, 0.15) is 11.6 Å². The second-order valence-corrected chi connectivity index (χ2v) is 4.98. The van der Waals surface area contributed by atoms with E-state index in [9.17, 15) is 9.59 Å². The van der Waals surface area contributed by atoms with Gasteiger partial charge in [-0.05, 0) is 33.6 Å². The maximum absolute atomic E-state index is 12.2. The van der Waals surface area contributed by atoms with Gasteiger partial charge in [-0.15, -0.1) is 12.4 Å². The van der Waals surface area contributed by atoms with Gasteiger partial charge in [0.2, 0.25) is 0 Å². The van der Waals surface area contributed by atoms with E-state index >= 15 is 0 Å². The highest BCUT2D eigenvalue weighted by Crippen LogP contribution is 2.30. The normalized spacial score (nSPS) is 18.6. The number of nitrogens with one attached hydrogen (secondary N) is 1. The Balaban J connectivity index is 0.00000361. The largest absolute Gasteiger partial charge is 0.465 e. The maximum Gasteiger partial charge on any atom is 0.326 e. The molecule has 5 nitrogen and oxygen atoms in total. The van der Waals surface area contributed by atoms with E-state index in [1.807, 2.05) is 0 Å². The molecule has 6 heteroatoms. The van der Waals surface area contributed by atoms with Crippen LogP contribution < -0.4 is 5.32 Å². The van der Waals surface area contributed by atoms with Crippen LogP contribution in [0.15, 0.2) is 0 Å². The van der Waals surface area contributed by atoms with Gasteiger partial charge in [0.05, 0.1) is 13.2 Å². The number of carbonyl (C=O) groups excluding carboxylic acids is 2. The molecule has 0 aromatic carbocycles. The zero-order valence-electron chi connectivity index (χ0n) is 12.6. The van der Waals surface area contributed by atoms with Crippen molar-refractivity contribution in [2.75, 3.05) is 13.2 Å². The predicted molar refractivity (Wildman–Crippen MR) is 78.9 cm³/mol. The van der Waals surface area contributed by atoms with Crippen molar-refractivity contribution in [3.63, 3.8) is 0 Å². The van der Waals surface area contributed by atoms with Gasteiger partial charge >= 0.3 is 11.9 Å². The van der Waals surface area contributed by atoms with E-state index < -0.39 is 11.6 Å². The van der Waals surface area contributed by atoms with Crippen LogP contribution in [0.1, 0.15) is 52.9 Å². The summed E-state index contributed by atoms with van der Waals surface area (Å²) in [5.41, 5.74) is -0.722. The summed E-state index contributed by atoms with van der Waals surface area (Å²) in [4.78, 5) is 23.9. The molecule has 1 atom stereocenters. The second kappa shape index (κ2) is 9.19. The third-order valence-corrected chi connectivity index (χ3v) is 3.51. The number of carbonyl (C=O) groups is 2. The number of rotatable bonds is 6. The molecular formula is C14H26ClNO4. The van der Waals surface area contributed by atoms with E-state index in [1.165, 1.54) is 0 Å². The summed E-state index contributed by atoms with van der Waals surface area (Å²) in [5.74, 6) is -0.567. The molecule has 1 N–H and O–H groups in total. The number of hydrogen-bond donors (Lipinski definition) is 1. The van der Waals surface area contributed by atoms with E-state index in [-0.39, 0.29) is 24.3 Å². The molecule has 0 heterocycles. The second-order valence-electron chi connectivity index (χ2n) is 4.98. The highest BCUT2D eigenvalue weighted by Gasteiger charge is 2.42. The Hall–Kier alpha value is -0.810. The van der Waals surface area contributed by atoms with E-state index in [1.54, 1.807) is 20.8 Å². The van der Waals surface area contributed by atoms with Crippen LogP contribution in [0.5, 0.6) is 0 Å². The monoisotopic (exact) mass is 307 g/mol. The summed E-state index contributed by atoms with van der Waals surface area (Å²) in [6.45, 7) is 6.00. The fraction of sp³-hybridized carbons (Fsp3) is 0.857.